The highest BCUT2D eigenvalue weighted by molar-refractivity contribution is 5.35. The molecule has 1 aromatic heterocycles. The number of ether oxygens (including phenoxy) is 1. The van der Waals surface area contributed by atoms with Crippen LogP contribution in [0.15, 0.2) is 60.9 Å². The van der Waals surface area contributed by atoms with E-state index in [0.717, 1.165) is 31.1 Å². The Balaban J connectivity index is 1.70. The molecule has 5 heteroatoms. The highest BCUT2D eigenvalue weighted by atomic mass is 16.5. The molecule has 0 amide bonds. The highest BCUT2D eigenvalue weighted by Gasteiger charge is 2.36. The minimum absolute atomic E-state index is 0.296. The molecule has 0 unspecified atom stereocenters. The maximum atomic E-state index is 5.47. The first-order chi connectivity index (χ1) is 12.8. The van der Waals surface area contributed by atoms with Crippen molar-refractivity contribution in [3.05, 3.63) is 77.9 Å². The lowest BCUT2D eigenvalue weighted by atomic mass is 9.87. The Bertz CT molecular complexity index is 861. The second-order valence-corrected chi connectivity index (χ2v) is 6.80. The number of benzene rings is 2. The summed E-state index contributed by atoms with van der Waals surface area (Å²) in [5.74, 6) is 2.35. The maximum absolute atomic E-state index is 5.47. The lowest BCUT2D eigenvalue weighted by Crippen LogP contribution is -2.26. The SMILES string of the molecule is COc1cccc([C@@H]2[C@@H](c3ccccc3)CCN2Cc2ncnn2C)c1. The molecule has 1 saturated heterocycles. The van der Waals surface area contributed by atoms with Crippen molar-refractivity contribution in [1.29, 1.82) is 0 Å². The summed E-state index contributed by atoms with van der Waals surface area (Å²) in [6.07, 6.45) is 2.75. The molecule has 2 heterocycles. The van der Waals surface area contributed by atoms with Crippen molar-refractivity contribution in [2.45, 2.75) is 24.9 Å². The van der Waals surface area contributed by atoms with E-state index >= 15 is 0 Å². The molecule has 0 N–H and O–H groups in total. The van der Waals surface area contributed by atoms with Gasteiger partial charge in [0.05, 0.1) is 13.7 Å². The fourth-order valence-electron chi connectivity index (χ4n) is 4.00. The summed E-state index contributed by atoms with van der Waals surface area (Å²) in [6.45, 7) is 1.83. The van der Waals surface area contributed by atoms with Crippen LogP contribution < -0.4 is 4.74 Å². The van der Waals surface area contributed by atoms with E-state index < -0.39 is 0 Å². The molecule has 2 aromatic carbocycles. The maximum Gasteiger partial charge on any atom is 0.140 e. The van der Waals surface area contributed by atoms with Gasteiger partial charge in [0.25, 0.3) is 0 Å². The Morgan fingerprint density at radius 2 is 1.88 bits per heavy atom. The van der Waals surface area contributed by atoms with Gasteiger partial charge in [-0.1, -0.05) is 42.5 Å². The van der Waals surface area contributed by atoms with Gasteiger partial charge >= 0.3 is 0 Å². The molecule has 1 aliphatic rings. The summed E-state index contributed by atoms with van der Waals surface area (Å²) < 4.78 is 7.33. The monoisotopic (exact) mass is 348 g/mol. The Morgan fingerprint density at radius 3 is 2.62 bits per heavy atom. The summed E-state index contributed by atoms with van der Waals surface area (Å²) in [4.78, 5) is 6.93. The van der Waals surface area contributed by atoms with Crippen molar-refractivity contribution < 1.29 is 4.74 Å². The predicted octanol–water partition coefficient (Wildman–Crippen LogP) is 3.55. The Labute approximate surface area is 154 Å². The van der Waals surface area contributed by atoms with Crippen LogP contribution in [-0.4, -0.2) is 33.3 Å². The minimum atomic E-state index is 0.296. The normalized spacial score (nSPS) is 20.4. The molecule has 5 nitrogen and oxygen atoms in total. The van der Waals surface area contributed by atoms with Gasteiger partial charge in [-0.05, 0) is 36.2 Å². The smallest absolute Gasteiger partial charge is 0.140 e. The minimum Gasteiger partial charge on any atom is -0.497 e. The number of methoxy groups -OCH3 is 1. The van der Waals surface area contributed by atoms with E-state index in [4.69, 9.17) is 4.74 Å². The number of aryl methyl sites for hydroxylation is 1. The Kier molecular flexibility index (Phi) is 4.71. The zero-order chi connectivity index (χ0) is 17.9. The molecule has 0 aliphatic carbocycles. The van der Waals surface area contributed by atoms with E-state index in [1.54, 1.807) is 13.4 Å². The Morgan fingerprint density at radius 1 is 1.08 bits per heavy atom. The molecule has 0 saturated carbocycles. The molecule has 3 aromatic rings. The van der Waals surface area contributed by atoms with Crippen molar-refractivity contribution >= 4 is 0 Å². The summed E-state index contributed by atoms with van der Waals surface area (Å²) >= 11 is 0. The lowest BCUT2D eigenvalue weighted by molar-refractivity contribution is 0.229. The largest absolute Gasteiger partial charge is 0.497 e. The summed E-state index contributed by atoms with van der Waals surface area (Å²) in [7, 11) is 3.67. The number of likely N-dealkylation sites (tertiary alicyclic amines) is 1. The first-order valence-corrected chi connectivity index (χ1v) is 9.02. The van der Waals surface area contributed by atoms with E-state index in [1.165, 1.54) is 11.1 Å². The van der Waals surface area contributed by atoms with Crippen molar-refractivity contribution in [3.8, 4) is 5.75 Å². The fourth-order valence-corrected chi connectivity index (χ4v) is 4.00. The van der Waals surface area contributed by atoms with Gasteiger partial charge in [-0.3, -0.25) is 9.58 Å². The zero-order valence-electron chi connectivity index (χ0n) is 15.2. The zero-order valence-corrected chi connectivity index (χ0v) is 15.2. The third-order valence-corrected chi connectivity index (χ3v) is 5.31. The van der Waals surface area contributed by atoms with Gasteiger partial charge in [-0.25, -0.2) is 4.98 Å². The second kappa shape index (κ2) is 7.30. The first kappa shape index (κ1) is 16.8. The van der Waals surface area contributed by atoms with Crippen molar-refractivity contribution in [3.63, 3.8) is 0 Å². The van der Waals surface area contributed by atoms with Crippen molar-refractivity contribution in [2.24, 2.45) is 7.05 Å². The van der Waals surface area contributed by atoms with Crippen LogP contribution in [0.25, 0.3) is 0 Å². The average Bonchev–Trinajstić information content (AvgIpc) is 3.29. The molecule has 26 heavy (non-hydrogen) atoms. The van der Waals surface area contributed by atoms with Crippen LogP contribution in [0, 0.1) is 0 Å². The van der Waals surface area contributed by atoms with Gasteiger partial charge in [-0.15, -0.1) is 0 Å². The number of nitrogens with zero attached hydrogens (tertiary/aromatic N) is 4. The van der Waals surface area contributed by atoms with Gasteiger partial charge in [0.1, 0.15) is 17.9 Å². The van der Waals surface area contributed by atoms with Crippen LogP contribution in [0.2, 0.25) is 0 Å². The third-order valence-electron chi connectivity index (χ3n) is 5.31. The standard InChI is InChI=1S/C21H24N4O/c1-24-20(22-15-23-24)14-25-12-11-19(16-7-4-3-5-8-16)21(25)17-9-6-10-18(13-17)26-2/h3-10,13,15,19,21H,11-12,14H2,1-2H3/t19-,21-/m1/s1. The predicted molar refractivity (Wildman–Crippen MR) is 101 cm³/mol. The van der Waals surface area contributed by atoms with Crippen molar-refractivity contribution in [1.82, 2.24) is 19.7 Å². The molecule has 0 radical (unpaired) electrons. The second-order valence-electron chi connectivity index (χ2n) is 6.80. The molecular formula is C21H24N4O. The van der Waals surface area contributed by atoms with Gasteiger partial charge in [0.15, 0.2) is 0 Å². The van der Waals surface area contributed by atoms with Crippen LogP contribution >= 0.6 is 0 Å². The summed E-state index contributed by atoms with van der Waals surface area (Å²) in [6, 6.07) is 19.6. The Hall–Kier alpha value is -2.66. The van der Waals surface area contributed by atoms with E-state index in [-0.39, 0.29) is 0 Å². The van der Waals surface area contributed by atoms with E-state index in [1.807, 2.05) is 17.8 Å². The number of hydrogen-bond donors (Lipinski definition) is 0. The number of aromatic nitrogens is 3. The van der Waals surface area contributed by atoms with Crippen molar-refractivity contribution in [2.75, 3.05) is 13.7 Å². The van der Waals surface area contributed by atoms with Crippen LogP contribution in [0.3, 0.4) is 0 Å². The fraction of sp³-hybridized carbons (Fsp3) is 0.333. The number of rotatable bonds is 5. The number of hydrogen-bond acceptors (Lipinski definition) is 4. The van der Waals surface area contributed by atoms with Gasteiger partial charge in [0.2, 0.25) is 0 Å². The molecular weight excluding hydrogens is 324 g/mol. The van der Waals surface area contributed by atoms with E-state index in [2.05, 4.69) is 63.5 Å². The molecule has 0 spiro atoms. The molecule has 4 rings (SSSR count). The van der Waals surface area contributed by atoms with Crippen LogP contribution in [-0.2, 0) is 13.6 Å². The van der Waals surface area contributed by atoms with Crippen LogP contribution in [0.1, 0.15) is 35.3 Å². The van der Waals surface area contributed by atoms with Crippen LogP contribution in [0.5, 0.6) is 5.75 Å². The van der Waals surface area contributed by atoms with Gasteiger partial charge in [-0.2, -0.15) is 5.10 Å². The average molecular weight is 348 g/mol. The summed E-state index contributed by atoms with van der Waals surface area (Å²) in [5.41, 5.74) is 2.68. The van der Waals surface area contributed by atoms with Gasteiger partial charge < -0.3 is 4.74 Å². The molecule has 2 atom stereocenters. The lowest BCUT2D eigenvalue weighted by Gasteiger charge is -2.29. The molecule has 1 fully saturated rings. The van der Waals surface area contributed by atoms with Gasteiger partial charge in [0, 0.05) is 19.0 Å². The topological polar surface area (TPSA) is 43.2 Å². The van der Waals surface area contributed by atoms with E-state index in [9.17, 15) is 0 Å². The first-order valence-electron chi connectivity index (χ1n) is 9.02. The molecule has 0 bridgehead atoms. The summed E-state index contributed by atoms with van der Waals surface area (Å²) in [5, 5.41) is 4.22. The molecule has 1 aliphatic heterocycles. The third kappa shape index (κ3) is 3.22. The molecule has 134 valence electrons. The van der Waals surface area contributed by atoms with E-state index in [0.29, 0.717) is 12.0 Å². The highest BCUT2D eigenvalue weighted by Crippen LogP contribution is 2.44. The quantitative estimate of drug-likeness (QED) is 0.707. The van der Waals surface area contributed by atoms with Crippen LogP contribution in [0.4, 0.5) is 0 Å².